The molecule has 0 aliphatic carbocycles. The first-order chi connectivity index (χ1) is 3.79. The molecule has 0 spiro atoms. The molecular formula is C6H7NO. The van der Waals surface area contributed by atoms with Crippen LogP contribution in [-0.2, 0) is 4.74 Å². The molecule has 2 heteroatoms. The summed E-state index contributed by atoms with van der Waals surface area (Å²) < 4.78 is 4.84. The van der Waals surface area contributed by atoms with E-state index in [0.29, 0.717) is 5.90 Å². The normalized spacial score (nSPS) is 16.8. The van der Waals surface area contributed by atoms with E-state index in [4.69, 9.17) is 4.74 Å². The van der Waals surface area contributed by atoms with Gasteiger partial charge >= 0.3 is 0 Å². The number of rotatable bonds is 0. The zero-order valence-electron chi connectivity index (χ0n) is 4.93. The highest BCUT2D eigenvalue weighted by Gasteiger charge is 1.91. The van der Waals surface area contributed by atoms with Crippen molar-refractivity contribution in [3.05, 3.63) is 17.7 Å². The summed E-state index contributed by atoms with van der Waals surface area (Å²) in [5.41, 5.74) is 3.66. The second-order valence-corrected chi connectivity index (χ2v) is 1.60. The van der Waals surface area contributed by atoms with E-state index in [1.54, 1.807) is 6.92 Å². The number of aliphatic imine (C=N–C) groups is 1. The highest BCUT2D eigenvalue weighted by Crippen LogP contribution is 1.98. The Bertz CT molecular complexity index is 185. The van der Waals surface area contributed by atoms with Crippen LogP contribution >= 0.6 is 0 Å². The van der Waals surface area contributed by atoms with Crippen molar-refractivity contribution in [2.45, 2.75) is 13.8 Å². The molecule has 0 aromatic rings. The van der Waals surface area contributed by atoms with Gasteiger partial charge in [-0.2, -0.15) is 0 Å². The minimum Gasteiger partial charge on any atom is -0.443 e. The van der Waals surface area contributed by atoms with Crippen LogP contribution in [0.2, 0.25) is 0 Å². The lowest BCUT2D eigenvalue weighted by Crippen LogP contribution is -1.95. The zero-order valence-corrected chi connectivity index (χ0v) is 4.93. The third kappa shape index (κ3) is 0.983. The maximum Gasteiger partial charge on any atom is 0.192 e. The third-order valence-electron chi connectivity index (χ3n) is 0.822. The number of hydrogen-bond donors (Lipinski definition) is 0. The predicted molar refractivity (Wildman–Crippen MR) is 31.5 cm³/mol. The van der Waals surface area contributed by atoms with Crippen molar-refractivity contribution < 1.29 is 4.74 Å². The largest absolute Gasteiger partial charge is 0.443 e. The fraction of sp³-hybridized carbons (Fsp3) is 0.333. The van der Waals surface area contributed by atoms with Crippen molar-refractivity contribution >= 4 is 5.90 Å². The van der Waals surface area contributed by atoms with Crippen molar-refractivity contribution in [1.82, 2.24) is 0 Å². The molecule has 0 aromatic carbocycles. The molecule has 0 radical (unpaired) electrons. The standard InChI is InChI=1S/C6H7NO/c1-5-3-4-8-6(2)7-5/h4H,1-2H3. The van der Waals surface area contributed by atoms with Gasteiger partial charge in [0.2, 0.25) is 0 Å². The molecule has 0 atom stereocenters. The van der Waals surface area contributed by atoms with Crippen molar-refractivity contribution in [3.63, 3.8) is 0 Å². The first-order valence-electron chi connectivity index (χ1n) is 2.43. The first kappa shape index (κ1) is 5.13. The first-order valence-corrected chi connectivity index (χ1v) is 2.43. The van der Waals surface area contributed by atoms with Crippen LogP contribution in [0.5, 0.6) is 0 Å². The summed E-state index contributed by atoms with van der Waals surface area (Å²) in [5, 5.41) is 0. The Kier molecular flexibility index (Phi) is 1.18. The summed E-state index contributed by atoms with van der Waals surface area (Å²) in [6.45, 7) is 3.68. The van der Waals surface area contributed by atoms with Gasteiger partial charge < -0.3 is 4.74 Å². The maximum atomic E-state index is 4.84. The summed E-state index contributed by atoms with van der Waals surface area (Å²) in [5.74, 6) is 0.682. The molecule has 1 aliphatic heterocycles. The Morgan fingerprint density at radius 3 is 2.75 bits per heavy atom. The van der Waals surface area contributed by atoms with Gasteiger partial charge in [-0.15, -0.1) is 0 Å². The Morgan fingerprint density at radius 2 is 2.38 bits per heavy atom. The van der Waals surface area contributed by atoms with Crippen LogP contribution in [0.1, 0.15) is 13.8 Å². The molecular weight excluding hydrogens is 102 g/mol. The molecule has 1 heterocycles. The van der Waals surface area contributed by atoms with Crippen molar-refractivity contribution in [2.75, 3.05) is 0 Å². The van der Waals surface area contributed by atoms with Crippen LogP contribution in [0.4, 0.5) is 0 Å². The van der Waals surface area contributed by atoms with E-state index < -0.39 is 0 Å². The SMILES string of the molecule is CC1=C=COC(C)=N1. The van der Waals surface area contributed by atoms with Crippen LogP contribution in [0.3, 0.4) is 0 Å². The second kappa shape index (κ2) is 1.85. The van der Waals surface area contributed by atoms with Gasteiger partial charge in [0.15, 0.2) is 5.90 Å². The van der Waals surface area contributed by atoms with Gasteiger partial charge in [0.1, 0.15) is 6.26 Å². The second-order valence-electron chi connectivity index (χ2n) is 1.60. The Hall–Kier alpha value is -1.01. The minimum absolute atomic E-state index is 0.682. The average molecular weight is 109 g/mol. The van der Waals surface area contributed by atoms with Gasteiger partial charge in [-0.1, -0.05) is 5.73 Å². The van der Waals surface area contributed by atoms with Crippen molar-refractivity contribution in [3.8, 4) is 0 Å². The summed E-state index contributed by atoms with van der Waals surface area (Å²) in [6.07, 6.45) is 1.51. The van der Waals surface area contributed by atoms with Gasteiger partial charge in [0.25, 0.3) is 0 Å². The predicted octanol–water partition coefficient (Wildman–Crippen LogP) is 1.45. The molecule has 0 saturated heterocycles. The fourth-order valence-electron chi connectivity index (χ4n) is 0.495. The molecule has 0 aromatic heterocycles. The Balaban J connectivity index is 2.90. The fourth-order valence-corrected chi connectivity index (χ4v) is 0.495. The molecule has 1 rings (SSSR count). The summed E-state index contributed by atoms with van der Waals surface area (Å²) in [6, 6.07) is 0. The van der Waals surface area contributed by atoms with Crippen molar-refractivity contribution in [2.24, 2.45) is 4.99 Å². The lowest BCUT2D eigenvalue weighted by atomic mass is 10.5. The molecule has 8 heavy (non-hydrogen) atoms. The Morgan fingerprint density at radius 1 is 1.62 bits per heavy atom. The summed E-state index contributed by atoms with van der Waals surface area (Å²) in [7, 11) is 0. The minimum atomic E-state index is 0.682. The van der Waals surface area contributed by atoms with Gasteiger partial charge in [0.05, 0.1) is 5.70 Å². The number of ether oxygens (including phenoxy) is 1. The number of allylic oxidation sites excluding steroid dienone is 1. The van der Waals surface area contributed by atoms with Gasteiger partial charge in [-0.25, -0.2) is 4.99 Å². The van der Waals surface area contributed by atoms with Crippen LogP contribution in [0.25, 0.3) is 0 Å². The highest BCUT2D eigenvalue weighted by molar-refractivity contribution is 5.75. The van der Waals surface area contributed by atoms with E-state index in [9.17, 15) is 0 Å². The van der Waals surface area contributed by atoms with E-state index in [0.717, 1.165) is 5.70 Å². The molecule has 0 fully saturated rings. The lowest BCUT2D eigenvalue weighted by molar-refractivity contribution is 0.463. The third-order valence-corrected chi connectivity index (χ3v) is 0.822. The van der Waals surface area contributed by atoms with E-state index in [2.05, 4.69) is 10.7 Å². The van der Waals surface area contributed by atoms with Crippen LogP contribution in [0, 0.1) is 0 Å². The molecule has 0 N–H and O–H groups in total. The van der Waals surface area contributed by atoms with Crippen LogP contribution in [0.15, 0.2) is 22.7 Å². The van der Waals surface area contributed by atoms with Gasteiger partial charge in [-0.3, -0.25) is 0 Å². The summed E-state index contributed by atoms with van der Waals surface area (Å²) >= 11 is 0. The molecule has 1 aliphatic rings. The van der Waals surface area contributed by atoms with E-state index in [1.807, 2.05) is 6.92 Å². The topological polar surface area (TPSA) is 21.6 Å². The number of nitrogens with zero attached hydrogens (tertiary/aromatic N) is 1. The quantitative estimate of drug-likeness (QED) is 0.431. The summed E-state index contributed by atoms with van der Waals surface area (Å²) in [4.78, 5) is 3.95. The van der Waals surface area contributed by atoms with Gasteiger partial charge in [0, 0.05) is 6.92 Å². The molecule has 0 amide bonds. The molecule has 2 nitrogen and oxygen atoms in total. The maximum absolute atomic E-state index is 4.84. The smallest absolute Gasteiger partial charge is 0.192 e. The highest BCUT2D eigenvalue weighted by atomic mass is 16.5. The Labute approximate surface area is 48.2 Å². The molecule has 0 saturated carbocycles. The van der Waals surface area contributed by atoms with Crippen molar-refractivity contribution in [1.29, 1.82) is 0 Å². The molecule has 0 bridgehead atoms. The zero-order chi connectivity index (χ0) is 5.98. The lowest BCUT2D eigenvalue weighted by Gasteiger charge is -1.99. The number of hydrogen-bond acceptors (Lipinski definition) is 2. The van der Waals surface area contributed by atoms with E-state index in [-0.39, 0.29) is 0 Å². The van der Waals surface area contributed by atoms with Crippen LogP contribution < -0.4 is 0 Å². The molecule has 0 unspecified atom stereocenters. The van der Waals surface area contributed by atoms with Crippen LogP contribution in [-0.4, -0.2) is 5.90 Å². The molecule has 42 valence electrons. The van der Waals surface area contributed by atoms with Gasteiger partial charge in [-0.05, 0) is 6.92 Å². The van der Waals surface area contributed by atoms with E-state index >= 15 is 0 Å². The average Bonchev–Trinajstić information content (AvgIpc) is 1.64. The van der Waals surface area contributed by atoms with E-state index in [1.165, 1.54) is 6.26 Å². The monoisotopic (exact) mass is 109 g/mol.